The highest BCUT2D eigenvalue weighted by molar-refractivity contribution is 5.77. The molecule has 3 aromatic carbocycles. The van der Waals surface area contributed by atoms with E-state index in [0.29, 0.717) is 35.6 Å². The van der Waals surface area contributed by atoms with Gasteiger partial charge in [-0.25, -0.2) is 0 Å². The molecule has 0 heterocycles. The minimum atomic E-state index is -1.30. The fourth-order valence-corrected chi connectivity index (χ4v) is 3.97. The fourth-order valence-electron chi connectivity index (χ4n) is 3.97. The van der Waals surface area contributed by atoms with Crippen molar-refractivity contribution in [3.05, 3.63) is 95.6 Å². The van der Waals surface area contributed by atoms with E-state index in [1.54, 1.807) is 26.2 Å². The predicted octanol–water partition coefficient (Wildman–Crippen LogP) is 4.14. The van der Waals surface area contributed by atoms with E-state index in [2.05, 4.69) is 0 Å². The summed E-state index contributed by atoms with van der Waals surface area (Å²) in [5, 5.41) is 9.74. The highest BCUT2D eigenvalue weighted by Gasteiger charge is 2.38. The molecule has 0 aliphatic heterocycles. The molecule has 7 nitrogen and oxygen atoms in total. The number of amides is 1. The monoisotopic (exact) mass is 477 g/mol. The van der Waals surface area contributed by atoms with Crippen molar-refractivity contribution in [3.8, 4) is 11.5 Å². The SMILES string of the molecule is COc1ccc(CCN(C)C(=O)COC(CC(=O)O)(c2ccccc2)c2ccccc2)cc1OC. The van der Waals surface area contributed by atoms with Gasteiger partial charge >= 0.3 is 5.97 Å². The van der Waals surface area contributed by atoms with Crippen molar-refractivity contribution < 1.29 is 28.9 Å². The van der Waals surface area contributed by atoms with Gasteiger partial charge in [0.05, 0.1) is 20.6 Å². The van der Waals surface area contributed by atoms with Crippen molar-refractivity contribution in [2.45, 2.75) is 18.4 Å². The van der Waals surface area contributed by atoms with E-state index in [0.717, 1.165) is 5.56 Å². The van der Waals surface area contributed by atoms with E-state index in [-0.39, 0.29) is 18.9 Å². The van der Waals surface area contributed by atoms with Gasteiger partial charge in [-0.2, -0.15) is 0 Å². The summed E-state index contributed by atoms with van der Waals surface area (Å²) in [7, 11) is 4.87. The smallest absolute Gasteiger partial charge is 0.307 e. The van der Waals surface area contributed by atoms with Gasteiger partial charge < -0.3 is 24.2 Å². The van der Waals surface area contributed by atoms with Crippen molar-refractivity contribution >= 4 is 11.9 Å². The number of hydrogen-bond acceptors (Lipinski definition) is 5. The summed E-state index contributed by atoms with van der Waals surface area (Å²) in [6, 6.07) is 24.0. The molecule has 0 aliphatic rings. The summed E-state index contributed by atoms with van der Waals surface area (Å²) in [4.78, 5) is 26.5. The van der Waals surface area contributed by atoms with Crippen molar-refractivity contribution in [2.24, 2.45) is 0 Å². The van der Waals surface area contributed by atoms with Crippen LogP contribution in [0, 0.1) is 0 Å². The molecule has 3 rings (SSSR count). The van der Waals surface area contributed by atoms with Crippen LogP contribution in [0.5, 0.6) is 11.5 Å². The number of carboxylic acids is 1. The Balaban J connectivity index is 1.75. The Kier molecular flexibility index (Phi) is 8.86. The van der Waals surface area contributed by atoms with Crippen LogP contribution >= 0.6 is 0 Å². The standard InChI is InChI=1S/C28H31NO6/c1-29(17-16-21-14-15-24(33-2)25(18-21)34-3)26(30)20-35-28(19-27(31)32,22-10-6-4-7-11-22)23-12-8-5-9-13-23/h4-15,18H,16-17,19-20H2,1-3H3,(H,31,32). The number of carbonyl (C=O) groups excluding carboxylic acids is 1. The van der Waals surface area contributed by atoms with Gasteiger partial charge in [0.2, 0.25) is 5.91 Å². The van der Waals surface area contributed by atoms with Crippen LogP contribution in [0.2, 0.25) is 0 Å². The van der Waals surface area contributed by atoms with E-state index < -0.39 is 11.6 Å². The molecule has 1 amide bonds. The molecule has 0 fully saturated rings. The summed E-state index contributed by atoms with van der Waals surface area (Å²) in [6.45, 7) is 0.194. The van der Waals surface area contributed by atoms with Crippen LogP contribution in [0.25, 0.3) is 0 Å². The second-order valence-electron chi connectivity index (χ2n) is 8.17. The van der Waals surface area contributed by atoms with E-state index in [1.807, 2.05) is 78.9 Å². The Morgan fingerprint density at radius 2 is 1.43 bits per heavy atom. The van der Waals surface area contributed by atoms with Gasteiger partial charge in [-0.15, -0.1) is 0 Å². The Morgan fingerprint density at radius 1 is 0.857 bits per heavy atom. The van der Waals surface area contributed by atoms with Crippen molar-refractivity contribution in [1.29, 1.82) is 0 Å². The first-order chi connectivity index (χ1) is 16.9. The van der Waals surface area contributed by atoms with Gasteiger partial charge in [0.1, 0.15) is 12.2 Å². The summed E-state index contributed by atoms with van der Waals surface area (Å²) in [5.41, 5.74) is 1.05. The van der Waals surface area contributed by atoms with Gasteiger partial charge in [-0.1, -0.05) is 66.7 Å². The molecule has 0 saturated heterocycles. The number of methoxy groups -OCH3 is 2. The fraction of sp³-hybridized carbons (Fsp3) is 0.286. The summed E-state index contributed by atoms with van der Waals surface area (Å²) >= 11 is 0. The maximum absolute atomic E-state index is 13.0. The number of aliphatic carboxylic acids is 1. The van der Waals surface area contributed by atoms with Crippen LogP contribution in [0.1, 0.15) is 23.1 Å². The summed E-state index contributed by atoms with van der Waals surface area (Å²) < 4.78 is 16.8. The molecule has 35 heavy (non-hydrogen) atoms. The first-order valence-electron chi connectivity index (χ1n) is 11.3. The maximum Gasteiger partial charge on any atom is 0.307 e. The number of nitrogens with zero attached hydrogens (tertiary/aromatic N) is 1. The van der Waals surface area contributed by atoms with Crippen molar-refractivity contribution in [2.75, 3.05) is 34.4 Å². The average molecular weight is 478 g/mol. The molecular formula is C28H31NO6. The van der Waals surface area contributed by atoms with Gasteiger partial charge in [0.15, 0.2) is 11.5 Å². The Hall–Kier alpha value is -3.84. The quantitative estimate of drug-likeness (QED) is 0.422. The van der Waals surface area contributed by atoms with Gasteiger partial charge in [0, 0.05) is 13.6 Å². The number of carbonyl (C=O) groups is 2. The third kappa shape index (κ3) is 6.39. The average Bonchev–Trinajstić information content (AvgIpc) is 2.90. The number of carboxylic acid groups (broad SMARTS) is 1. The Morgan fingerprint density at radius 3 is 1.94 bits per heavy atom. The molecule has 0 radical (unpaired) electrons. The number of likely N-dealkylation sites (N-methyl/N-ethyl adjacent to an activating group) is 1. The number of benzene rings is 3. The minimum absolute atomic E-state index is 0.243. The zero-order chi connectivity index (χ0) is 25.3. The molecule has 0 bridgehead atoms. The van der Waals surface area contributed by atoms with Crippen molar-refractivity contribution in [3.63, 3.8) is 0 Å². The van der Waals surface area contributed by atoms with Crippen LogP contribution in [0.4, 0.5) is 0 Å². The lowest BCUT2D eigenvalue weighted by molar-refractivity contribution is -0.150. The van der Waals surface area contributed by atoms with Gasteiger partial charge in [-0.3, -0.25) is 9.59 Å². The van der Waals surface area contributed by atoms with Crippen molar-refractivity contribution in [1.82, 2.24) is 4.90 Å². The predicted molar refractivity (Wildman–Crippen MR) is 133 cm³/mol. The number of rotatable bonds is 12. The van der Waals surface area contributed by atoms with Gasteiger partial charge in [-0.05, 0) is 35.2 Å². The third-order valence-electron chi connectivity index (χ3n) is 5.93. The van der Waals surface area contributed by atoms with E-state index in [1.165, 1.54) is 0 Å². The normalized spacial score (nSPS) is 11.1. The molecule has 0 saturated carbocycles. The maximum atomic E-state index is 13.0. The molecule has 0 aromatic heterocycles. The molecule has 3 aromatic rings. The lowest BCUT2D eigenvalue weighted by Gasteiger charge is -2.34. The second-order valence-corrected chi connectivity index (χ2v) is 8.17. The molecule has 184 valence electrons. The largest absolute Gasteiger partial charge is 0.493 e. The van der Waals surface area contributed by atoms with Crippen LogP contribution in [0.3, 0.4) is 0 Å². The minimum Gasteiger partial charge on any atom is -0.493 e. The molecule has 0 unspecified atom stereocenters. The molecule has 0 aliphatic carbocycles. The van der Waals surface area contributed by atoms with Crippen LogP contribution in [0.15, 0.2) is 78.9 Å². The molecular weight excluding hydrogens is 446 g/mol. The molecule has 7 heteroatoms. The molecule has 0 atom stereocenters. The lowest BCUT2D eigenvalue weighted by Crippen LogP contribution is -2.39. The highest BCUT2D eigenvalue weighted by atomic mass is 16.5. The van der Waals surface area contributed by atoms with E-state index >= 15 is 0 Å². The van der Waals surface area contributed by atoms with E-state index in [4.69, 9.17) is 14.2 Å². The summed E-state index contributed by atoms with van der Waals surface area (Å²) in [5.74, 6) is 0.0104. The van der Waals surface area contributed by atoms with Gasteiger partial charge in [0.25, 0.3) is 0 Å². The summed E-state index contributed by atoms with van der Waals surface area (Å²) in [6.07, 6.45) is 0.296. The van der Waals surface area contributed by atoms with Crippen LogP contribution in [-0.2, 0) is 26.3 Å². The van der Waals surface area contributed by atoms with E-state index in [9.17, 15) is 14.7 Å². The Labute approximate surface area is 205 Å². The highest BCUT2D eigenvalue weighted by Crippen LogP contribution is 2.37. The first-order valence-corrected chi connectivity index (χ1v) is 11.3. The number of hydrogen-bond donors (Lipinski definition) is 1. The lowest BCUT2D eigenvalue weighted by atomic mass is 9.83. The second kappa shape index (κ2) is 12.0. The zero-order valence-corrected chi connectivity index (χ0v) is 20.3. The van der Waals surface area contributed by atoms with Crippen LogP contribution < -0.4 is 9.47 Å². The molecule has 1 N–H and O–H groups in total. The Bertz CT molecular complexity index is 1080. The molecule has 0 spiro atoms. The zero-order valence-electron chi connectivity index (χ0n) is 20.3. The first kappa shape index (κ1) is 25.8. The van der Waals surface area contributed by atoms with Crippen LogP contribution in [-0.4, -0.2) is 56.3 Å². The number of ether oxygens (including phenoxy) is 3. The third-order valence-corrected chi connectivity index (χ3v) is 5.93. The topological polar surface area (TPSA) is 85.3 Å².